The second-order valence-corrected chi connectivity index (χ2v) is 5.91. The fourth-order valence-electron chi connectivity index (χ4n) is 2.96. The summed E-state index contributed by atoms with van der Waals surface area (Å²) in [5, 5.41) is 12.0. The van der Waals surface area contributed by atoms with Crippen LogP contribution in [0.25, 0.3) is 0 Å². The molecule has 0 amide bonds. The fraction of sp³-hybridized carbons (Fsp3) is 0.368. The molecule has 3 heteroatoms. The quantitative estimate of drug-likeness (QED) is 0.805. The summed E-state index contributed by atoms with van der Waals surface area (Å²) in [6.07, 6.45) is 2.15. The summed E-state index contributed by atoms with van der Waals surface area (Å²) in [7, 11) is 0. The maximum atomic E-state index is 8.77. The van der Waals surface area contributed by atoms with Gasteiger partial charge < -0.3 is 15.2 Å². The lowest BCUT2D eigenvalue weighted by molar-refractivity contribution is 0.221. The van der Waals surface area contributed by atoms with Gasteiger partial charge in [-0.1, -0.05) is 42.5 Å². The van der Waals surface area contributed by atoms with Gasteiger partial charge in [-0.05, 0) is 35.6 Å². The SMILES string of the molecule is OCCNCc1ccc(C[C@@H]2COc3ccccc3C2)cc1. The zero-order valence-electron chi connectivity index (χ0n) is 12.8. The number of nitrogens with one attached hydrogen (secondary N) is 1. The van der Waals surface area contributed by atoms with E-state index in [1.807, 2.05) is 6.07 Å². The molecule has 1 heterocycles. The molecular formula is C19H23NO2. The minimum absolute atomic E-state index is 0.182. The van der Waals surface area contributed by atoms with Gasteiger partial charge in [0.25, 0.3) is 0 Å². The van der Waals surface area contributed by atoms with Gasteiger partial charge in [0, 0.05) is 19.0 Å². The molecule has 0 aliphatic carbocycles. The minimum Gasteiger partial charge on any atom is -0.493 e. The van der Waals surface area contributed by atoms with Crippen molar-refractivity contribution in [1.29, 1.82) is 0 Å². The van der Waals surface area contributed by atoms with Crippen LogP contribution in [0.2, 0.25) is 0 Å². The number of ether oxygens (including phenoxy) is 1. The van der Waals surface area contributed by atoms with Crippen LogP contribution < -0.4 is 10.1 Å². The number of rotatable bonds is 6. The number of aliphatic hydroxyl groups excluding tert-OH is 1. The minimum atomic E-state index is 0.182. The maximum Gasteiger partial charge on any atom is 0.122 e. The summed E-state index contributed by atoms with van der Waals surface area (Å²) >= 11 is 0. The molecule has 0 spiro atoms. The molecule has 0 saturated heterocycles. The first-order chi connectivity index (χ1) is 10.8. The van der Waals surface area contributed by atoms with Gasteiger partial charge in [-0.15, -0.1) is 0 Å². The molecule has 3 rings (SSSR count). The van der Waals surface area contributed by atoms with Gasteiger partial charge in [0.1, 0.15) is 5.75 Å². The van der Waals surface area contributed by atoms with Gasteiger partial charge >= 0.3 is 0 Å². The lowest BCUT2D eigenvalue weighted by Crippen LogP contribution is -2.22. The molecule has 0 fully saturated rings. The molecular weight excluding hydrogens is 274 g/mol. The standard InChI is InChI=1S/C19H23NO2/c21-10-9-20-13-16-7-5-15(6-8-16)11-17-12-18-3-1-2-4-19(18)22-14-17/h1-8,17,20-21H,9-14H2/t17-/m0/s1. The van der Waals surface area contributed by atoms with Gasteiger partial charge in [-0.25, -0.2) is 0 Å². The molecule has 1 atom stereocenters. The molecule has 1 aliphatic rings. The van der Waals surface area contributed by atoms with Crippen molar-refractivity contribution in [2.45, 2.75) is 19.4 Å². The predicted molar refractivity (Wildman–Crippen MR) is 88.1 cm³/mol. The van der Waals surface area contributed by atoms with E-state index in [0.717, 1.165) is 31.7 Å². The molecule has 2 N–H and O–H groups in total. The van der Waals surface area contributed by atoms with E-state index in [1.165, 1.54) is 16.7 Å². The predicted octanol–water partition coefficient (Wildman–Crippen LogP) is 2.56. The average molecular weight is 297 g/mol. The van der Waals surface area contributed by atoms with E-state index in [-0.39, 0.29) is 6.61 Å². The summed E-state index contributed by atoms with van der Waals surface area (Å²) in [5.74, 6) is 1.59. The van der Waals surface area contributed by atoms with Crippen molar-refractivity contribution >= 4 is 0 Å². The van der Waals surface area contributed by atoms with E-state index in [0.29, 0.717) is 12.5 Å². The number of para-hydroxylation sites is 1. The Morgan fingerprint density at radius 3 is 2.64 bits per heavy atom. The van der Waals surface area contributed by atoms with Crippen molar-refractivity contribution in [2.24, 2.45) is 5.92 Å². The first-order valence-corrected chi connectivity index (χ1v) is 7.95. The van der Waals surface area contributed by atoms with Crippen molar-refractivity contribution in [1.82, 2.24) is 5.32 Å². The number of aliphatic hydroxyl groups is 1. The van der Waals surface area contributed by atoms with Crippen molar-refractivity contribution in [3.05, 3.63) is 65.2 Å². The van der Waals surface area contributed by atoms with Crippen LogP contribution in [0.3, 0.4) is 0 Å². The summed E-state index contributed by atoms with van der Waals surface area (Å²) < 4.78 is 5.86. The van der Waals surface area contributed by atoms with E-state index in [4.69, 9.17) is 9.84 Å². The van der Waals surface area contributed by atoms with E-state index < -0.39 is 0 Å². The third-order valence-corrected chi connectivity index (χ3v) is 4.12. The van der Waals surface area contributed by atoms with Gasteiger partial charge in [0.2, 0.25) is 0 Å². The van der Waals surface area contributed by atoms with Crippen LogP contribution in [0.5, 0.6) is 5.75 Å². The Labute approximate surface area is 131 Å². The first-order valence-electron chi connectivity index (χ1n) is 7.95. The van der Waals surface area contributed by atoms with Gasteiger partial charge in [-0.2, -0.15) is 0 Å². The van der Waals surface area contributed by atoms with Crippen molar-refractivity contribution in [3.8, 4) is 5.75 Å². The van der Waals surface area contributed by atoms with Crippen molar-refractivity contribution < 1.29 is 9.84 Å². The highest BCUT2D eigenvalue weighted by Crippen LogP contribution is 2.28. The Hall–Kier alpha value is -1.84. The lowest BCUT2D eigenvalue weighted by Gasteiger charge is -2.25. The Kier molecular flexibility index (Phi) is 5.09. The Bertz CT molecular complexity index is 595. The largest absolute Gasteiger partial charge is 0.493 e. The van der Waals surface area contributed by atoms with Crippen LogP contribution in [0, 0.1) is 5.92 Å². The van der Waals surface area contributed by atoms with Gasteiger partial charge in [0.15, 0.2) is 0 Å². The molecule has 3 nitrogen and oxygen atoms in total. The third-order valence-electron chi connectivity index (χ3n) is 4.12. The highest BCUT2D eigenvalue weighted by atomic mass is 16.5. The first kappa shape index (κ1) is 15.1. The number of fused-ring (bicyclic) bond motifs is 1. The van der Waals surface area contributed by atoms with Crippen LogP contribution in [0.4, 0.5) is 0 Å². The summed E-state index contributed by atoms with van der Waals surface area (Å²) in [4.78, 5) is 0. The van der Waals surface area contributed by atoms with Crippen LogP contribution in [-0.4, -0.2) is 24.9 Å². The molecule has 0 aromatic heterocycles. The van der Waals surface area contributed by atoms with Crippen LogP contribution in [-0.2, 0) is 19.4 Å². The Balaban J connectivity index is 1.55. The zero-order valence-corrected chi connectivity index (χ0v) is 12.8. The van der Waals surface area contributed by atoms with Crippen molar-refractivity contribution in [2.75, 3.05) is 19.8 Å². The third kappa shape index (κ3) is 3.87. The summed E-state index contributed by atoms with van der Waals surface area (Å²) in [6, 6.07) is 17.1. The summed E-state index contributed by atoms with van der Waals surface area (Å²) in [6.45, 7) is 2.43. The molecule has 0 radical (unpaired) electrons. The van der Waals surface area contributed by atoms with E-state index >= 15 is 0 Å². The lowest BCUT2D eigenvalue weighted by atomic mass is 9.91. The monoisotopic (exact) mass is 297 g/mol. The molecule has 1 aliphatic heterocycles. The highest BCUT2D eigenvalue weighted by molar-refractivity contribution is 5.35. The highest BCUT2D eigenvalue weighted by Gasteiger charge is 2.19. The zero-order chi connectivity index (χ0) is 15.2. The average Bonchev–Trinajstić information content (AvgIpc) is 2.57. The van der Waals surface area contributed by atoms with E-state index in [2.05, 4.69) is 47.8 Å². The van der Waals surface area contributed by atoms with Gasteiger partial charge in [0.05, 0.1) is 13.2 Å². The second kappa shape index (κ2) is 7.43. The molecule has 2 aromatic rings. The molecule has 0 saturated carbocycles. The number of benzene rings is 2. The number of hydrogen-bond donors (Lipinski definition) is 2. The molecule has 0 bridgehead atoms. The molecule has 22 heavy (non-hydrogen) atoms. The van der Waals surface area contributed by atoms with Crippen LogP contribution in [0.15, 0.2) is 48.5 Å². The molecule has 116 valence electrons. The summed E-state index contributed by atoms with van der Waals surface area (Å²) in [5.41, 5.74) is 3.94. The van der Waals surface area contributed by atoms with Crippen LogP contribution in [0.1, 0.15) is 16.7 Å². The Morgan fingerprint density at radius 2 is 1.82 bits per heavy atom. The molecule has 0 unspecified atom stereocenters. The number of hydrogen-bond acceptors (Lipinski definition) is 3. The molecule has 2 aromatic carbocycles. The smallest absolute Gasteiger partial charge is 0.122 e. The fourth-order valence-corrected chi connectivity index (χ4v) is 2.96. The van der Waals surface area contributed by atoms with Crippen LogP contribution >= 0.6 is 0 Å². The van der Waals surface area contributed by atoms with E-state index in [1.54, 1.807) is 0 Å². The van der Waals surface area contributed by atoms with Crippen molar-refractivity contribution in [3.63, 3.8) is 0 Å². The van der Waals surface area contributed by atoms with Gasteiger partial charge in [-0.3, -0.25) is 0 Å². The topological polar surface area (TPSA) is 41.5 Å². The second-order valence-electron chi connectivity index (χ2n) is 5.91. The Morgan fingerprint density at radius 1 is 1.05 bits per heavy atom. The van der Waals surface area contributed by atoms with E-state index in [9.17, 15) is 0 Å². The maximum absolute atomic E-state index is 8.77. The normalized spacial score (nSPS) is 16.9.